The van der Waals surface area contributed by atoms with E-state index in [9.17, 15) is 14.7 Å². The lowest BCUT2D eigenvalue weighted by Crippen LogP contribution is -2.56. The highest BCUT2D eigenvalue weighted by atomic mass is 16.3. The monoisotopic (exact) mass is 342 g/mol. The zero-order valence-electron chi connectivity index (χ0n) is 14.2. The first-order valence-electron chi connectivity index (χ1n) is 8.32. The zero-order valence-corrected chi connectivity index (χ0v) is 14.2. The maximum absolute atomic E-state index is 12.5. The molecule has 0 bridgehead atoms. The number of carbonyl (C=O) groups is 2. The van der Waals surface area contributed by atoms with Crippen LogP contribution in [-0.4, -0.2) is 50.3 Å². The molecule has 2 heterocycles. The van der Waals surface area contributed by atoms with E-state index in [4.69, 9.17) is 0 Å². The molecule has 1 aromatic heterocycles. The number of piperidine rings is 1. The standard InChI is InChI=1S/C18H22N4O3/c1-14(23)21-9-5-8-18(25,13-21)17(24)20-16-10-19-22(12-16)11-15-6-3-2-4-7-15/h2-4,6-7,10,12,25H,5,8-9,11,13H2,1H3,(H,20,24). The fourth-order valence-electron chi connectivity index (χ4n) is 3.02. The summed E-state index contributed by atoms with van der Waals surface area (Å²) in [5.41, 5.74) is 0.0617. The summed E-state index contributed by atoms with van der Waals surface area (Å²) in [6.07, 6.45) is 4.20. The van der Waals surface area contributed by atoms with E-state index < -0.39 is 11.5 Å². The fraction of sp³-hybridized carbons (Fsp3) is 0.389. The Balaban J connectivity index is 1.64. The molecule has 2 N–H and O–H groups in total. The van der Waals surface area contributed by atoms with Crippen LogP contribution < -0.4 is 5.32 Å². The summed E-state index contributed by atoms with van der Waals surface area (Å²) in [6, 6.07) is 9.87. The lowest BCUT2D eigenvalue weighted by atomic mass is 9.91. The van der Waals surface area contributed by atoms with Crippen molar-refractivity contribution in [3.8, 4) is 0 Å². The van der Waals surface area contributed by atoms with E-state index in [1.54, 1.807) is 17.1 Å². The predicted molar refractivity (Wildman–Crippen MR) is 92.8 cm³/mol. The lowest BCUT2D eigenvalue weighted by molar-refractivity contribution is -0.146. The molecular weight excluding hydrogens is 320 g/mol. The molecule has 1 aliphatic rings. The molecule has 0 spiro atoms. The van der Waals surface area contributed by atoms with Gasteiger partial charge >= 0.3 is 0 Å². The number of benzene rings is 1. The molecular formula is C18H22N4O3. The summed E-state index contributed by atoms with van der Waals surface area (Å²) in [4.78, 5) is 25.5. The van der Waals surface area contributed by atoms with E-state index in [0.29, 0.717) is 31.6 Å². The van der Waals surface area contributed by atoms with E-state index in [0.717, 1.165) is 5.56 Å². The maximum atomic E-state index is 12.5. The smallest absolute Gasteiger partial charge is 0.258 e. The molecule has 1 fully saturated rings. The summed E-state index contributed by atoms with van der Waals surface area (Å²) in [7, 11) is 0. The molecule has 0 aliphatic carbocycles. The number of anilines is 1. The minimum absolute atomic E-state index is 0.0202. The highest BCUT2D eigenvalue weighted by Gasteiger charge is 2.41. The SMILES string of the molecule is CC(=O)N1CCCC(O)(C(=O)Nc2cnn(Cc3ccccc3)c2)C1. The number of carbonyl (C=O) groups excluding carboxylic acids is 2. The number of amides is 2. The van der Waals surface area contributed by atoms with Gasteiger partial charge in [-0.15, -0.1) is 0 Å². The highest BCUT2D eigenvalue weighted by molar-refractivity contribution is 5.97. The van der Waals surface area contributed by atoms with Gasteiger partial charge in [0.25, 0.3) is 5.91 Å². The van der Waals surface area contributed by atoms with Gasteiger partial charge in [0.1, 0.15) is 0 Å². The molecule has 2 aromatic rings. The minimum Gasteiger partial charge on any atom is -0.378 e. The van der Waals surface area contributed by atoms with E-state index >= 15 is 0 Å². The number of aromatic nitrogens is 2. The molecule has 2 amide bonds. The van der Waals surface area contributed by atoms with Gasteiger partial charge in [0.15, 0.2) is 5.60 Å². The molecule has 25 heavy (non-hydrogen) atoms. The first-order valence-corrected chi connectivity index (χ1v) is 8.32. The normalized spacial score (nSPS) is 20.3. The van der Waals surface area contributed by atoms with Gasteiger partial charge in [-0.2, -0.15) is 5.10 Å². The van der Waals surface area contributed by atoms with Gasteiger partial charge in [0, 0.05) is 19.7 Å². The summed E-state index contributed by atoms with van der Waals surface area (Å²) in [5, 5.41) is 17.6. The summed E-state index contributed by atoms with van der Waals surface area (Å²) >= 11 is 0. The van der Waals surface area contributed by atoms with Crippen LogP contribution in [0.15, 0.2) is 42.7 Å². The number of hydrogen-bond acceptors (Lipinski definition) is 4. The van der Waals surface area contributed by atoms with Gasteiger partial charge in [-0.05, 0) is 18.4 Å². The Morgan fingerprint density at radius 2 is 2.08 bits per heavy atom. The predicted octanol–water partition coefficient (Wildman–Crippen LogP) is 1.24. The lowest BCUT2D eigenvalue weighted by Gasteiger charge is -2.37. The van der Waals surface area contributed by atoms with Crippen molar-refractivity contribution in [2.24, 2.45) is 0 Å². The second-order valence-corrected chi connectivity index (χ2v) is 6.44. The zero-order chi connectivity index (χ0) is 17.9. The average Bonchev–Trinajstić information content (AvgIpc) is 3.02. The number of aliphatic hydroxyl groups is 1. The van der Waals surface area contributed by atoms with Crippen molar-refractivity contribution in [3.05, 3.63) is 48.3 Å². The van der Waals surface area contributed by atoms with E-state index in [2.05, 4.69) is 10.4 Å². The van der Waals surface area contributed by atoms with Gasteiger partial charge in [-0.3, -0.25) is 14.3 Å². The highest BCUT2D eigenvalue weighted by Crippen LogP contribution is 2.23. The Morgan fingerprint density at radius 1 is 1.32 bits per heavy atom. The molecule has 7 nitrogen and oxygen atoms in total. The summed E-state index contributed by atoms with van der Waals surface area (Å²) in [6.45, 7) is 2.63. The molecule has 132 valence electrons. The third kappa shape index (κ3) is 4.06. The van der Waals surface area contributed by atoms with Gasteiger partial charge in [0.05, 0.1) is 25.0 Å². The van der Waals surface area contributed by atoms with Crippen molar-refractivity contribution >= 4 is 17.5 Å². The van der Waals surface area contributed by atoms with Crippen LogP contribution >= 0.6 is 0 Å². The van der Waals surface area contributed by atoms with Crippen LogP contribution in [0, 0.1) is 0 Å². The first kappa shape index (κ1) is 17.2. The molecule has 1 saturated heterocycles. The van der Waals surface area contributed by atoms with Crippen LogP contribution in [0.1, 0.15) is 25.3 Å². The largest absolute Gasteiger partial charge is 0.378 e. The quantitative estimate of drug-likeness (QED) is 0.875. The molecule has 1 aromatic carbocycles. The minimum atomic E-state index is -1.56. The third-order valence-electron chi connectivity index (χ3n) is 4.42. The molecule has 1 aliphatic heterocycles. The van der Waals surface area contributed by atoms with Crippen molar-refractivity contribution in [3.63, 3.8) is 0 Å². The average molecular weight is 342 g/mol. The first-order chi connectivity index (χ1) is 12.0. The second kappa shape index (κ2) is 7.06. The molecule has 0 radical (unpaired) electrons. The Kier molecular flexibility index (Phi) is 4.85. The maximum Gasteiger partial charge on any atom is 0.258 e. The van der Waals surface area contributed by atoms with Crippen LogP contribution in [-0.2, 0) is 16.1 Å². The van der Waals surface area contributed by atoms with Crippen molar-refractivity contribution < 1.29 is 14.7 Å². The van der Waals surface area contributed by atoms with Crippen molar-refractivity contribution in [1.29, 1.82) is 0 Å². The number of rotatable bonds is 4. The number of nitrogens with one attached hydrogen (secondary N) is 1. The third-order valence-corrected chi connectivity index (χ3v) is 4.42. The molecule has 0 saturated carbocycles. The number of likely N-dealkylation sites (tertiary alicyclic amines) is 1. The summed E-state index contributed by atoms with van der Waals surface area (Å²) in [5.74, 6) is -0.640. The van der Waals surface area contributed by atoms with Crippen LogP contribution in [0.3, 0.4) is 0 Å². The van der Waals surface area contributed by atoms with Gasteiger partial charge < -0.3 is 15.3 Å². The topological polar surface area (TPSA) is 87.5 Å². The van der Waals surface area contributed by atoms with E-state index in [1.165, 1.54) is 11.8 Å². The van der Waals surface area contributed by atoms with Crippen molar-refractivity contribution in [2.75, 3.05) is 18.4 Å². The Bertz CT molecular complexity index is 759. The molecule has 1 unspecified atom stereocenters. The van der Waals surface area contributed by atoms with Crippen molar-refractivity contribution in [2.45, 2.75) is 31.9 Å². The fourth-order valence-corrected chi connectivity index (χ4v) is 3.02. The Hall–Kier alpha value is -2.67. The van der Waals surface area contributed by atoms with Crippen molar-refractivity contribution in [1.82, 2.24) is 14.7 Å². The van der Waals surface area contributed by atoms with Crippen LogP contribution in [0.25, 0.3) is 0 Å². The second-order valence-electron chi connectivity index (χ2n) is 6.44. The molecule has 3 rings (SSSR count). The Morgan fingerprint density at radius 3 is 2.80 bits per heavy atom. The van der Waals surface area contributed by atoms with E-state index in [-0.39, 0.29) is 12.5 Å². The number of nitrogens with zero attached hydrogens (tertiary/aromatic N) is 3. The molecule has 7 heteroatoms. The molecule has 1 atom stereocenters. The van der Waals surface area contributed by atoms with Crippen LogP contribution in [0.5, 0.6) is 0 Å². The Labute approximate surface area is 146 Å². The number of β-amino-alcohol motifs (C(OH)–C–C–N with tert-alkyl or cyclic N) is 1. The van der Waals surface area contributed by atoms with E-state index in [1.807, 2.05) is 30.3 Å². The van der Waals surface area contributed by atoms with Gasteiger partial charge in [-0.1, -0.05) is 30.3 Å². The number of hydrogen-bond donors (Lipinski definition) is 2. The van der Waals surface area contributed by atoms with Crippen LogP contribution in [0.2, 0.25) is 0 Å². The van der Waals surface area contributed by atoms with Gasteiger partial charge in [0.2, 0.25) is 5.91 Å². The van der Waals surface area contributed by atoms with Crippen LogP contribution in [0.4, 0.5) is 5.69 Å². The van der Waals surface area contributed by atoms with Gasteiger partial charge in [-0.25, -0.2) is 0 Å². The summed E-state index contributed by atoms with van der Waals surface area (Å²) < 4.78 is 1.72.